The van der Waals surface area contributed by atoms with Crippen LogP contribution < -0.4 is 11.1 Å². The highest BCUT2D eigenvalue weighted by Gasteiger charge is 2.09. The minimum Gasteiger partial charge on any atom is -0.425 e. The summed E-state index contributed by atoms with van der Waals surface area (Å²) in [5, 5.41) is 10.4. The average molecular weight is 229 g/mol. The topological polar surface area (TPSA) is 88.0 Å². The van der Waals surface area contributed by atoms with Crippen LogP contribution in [0.1, 0.15) is 0 Å². The summed E-state index contributed by atoms with van der Waals surface area (Å²) < 4.78 is 0.336. The maximum atomic E-state index is 11.3. The summed E-state index contributed by atoms with van der Waals surface area (Å²) in [6, 6.07) is 6.86. The van der Waals surface area contributed by atoms with E-state index in [1.165, 1.54) is 0 Å². The van der Waals surface area contributed by atoms with Crippen LogP contribution in [0.2, 0.25) is 0 Å². The Morgan fingerprint density at radius 1 is 1.24 bits per heavy atom. The van der Waals surface area contributed by atoms with Gasteiger partial charge in [0.1, 0.15) is 5.52 Å². The molecule has 2 N–H and O–H groups in total. The number of nitrogens with one attached hydrogen (secondary N) is 1. The second-order valence-corrected chi connectivity index (χ2v) is 3.61. The molecule has 84 valence electrons. The Labute approximate surface area is 93.7 Å². The quantitative estimate of drug-likeness (QED) is 0.333. The lowest BCUT2D eigenvalue weighted by atomic mass is 10.2. The molecule has 0 unspecified atom stereocenters. The van der Waals surface area contributed by atoms with Crippen molar-refractivity contribution < 1.29 is 5.21 Å². The number of nitrogens with zero attached hydrogens (tertiary/aromatic N) is 2. The highest BCUT2D eigenvalue weighted by Crippen LogP contribution is 2.18. The summed E-state index contributed by atoms with van der Waals surface area (Å²) in [4.78, 5) is 29.1. The van der Waals surface area contributed by atoms with Crippen molar-refractivity contribution in [3.63, 3.8) is 0 Å². The molecule has 0 aliphatic carbocycles. The van der Waals surface area contributed by atoms with E-state index in [1.54, 1.807) is 24.4 Å². The van der Waals surface area contributed by atoms with Gasteiger partial charge in [-0.2, -0.15) is 0 Å². The Morgan fingerprint density at radius 2 is 2.06 bits per heavy atom. The minimum atomic E-state index is -1.01. The standard InChI is InChI=1S/C11H7N3O3/c15-10-11(16)14(17)7-4-3-6-2-1-5-12-8(6)9(7)13-10/h1-5,17H,(H,13,15). The number of fused-ring (bicyclic) bond motifs is 3. The van der Waals surface area contributed by atoms with Gasteiger partial charge in [0, 0.05) is 11.6 Å². The van der Waals surface area contributed by atoms with Crippen molar-refractivity contribution >= 4 is 21.9 Å². The van der Waals surface area contributed by atoms with Gasteiger partial charge in [0.25, 0.3) is 0 Å². The molecule has 2 aromatic heterocycles. The number of H-pyrrole nitrogens is 1. The summed E-state index contributed by atoms with van der Waals surface area (Å²) >= 11 is 0. The van der Waals surface area contributed by atoms with E-state index < -0.39 is 11.1 Å². The lowest BCUT2D eigenvalue weighted by Gasteiger charge is -2.04. The van der Waals surface area contributed by atoms with E-state index in [-0.39, 0.29) is 5.52 Å². The monoisotopic (exact) mass is 229 g/mol. The Kier molecular flexibility index (Phi) is 1.79. The van der Waals surface area contributed by atoms with Crippen molar-refractivity contribution in [1.82, 2.24) is 14.7 Å². The SMILES string of the molecule is O=c1[nH]c2c3ncccc3ccc2n(O)c1=O. The largest absolute Gasteiger partial charge is 0.425 e. The van der Waals surface area contributed by atoms with Crippen LogP contribution in [-0.4, -0.2) is 19.9 Å². The fourth-order valence-electron chi connectivity index (χ4n) is 1.81. The molecule has 0 atom stereocenters. The first-order valence-corrected chi connectivity index (χ1v) is 4.90. The smallest absolute Gasteiger partial charge is 0.348 e. The van der Waals surface area contributed by atoms with Gasteiger partial charge >= 0.3 is 11.1 Å². The third-order valence-corrected chi connectivity index (χ3v) is 2.61. The van der Waals surface area contributed by atoms with Crippen molar-refractivity contribution in [3.05, 3.63) is 51.2 Å². The number of benzene rings is 1. The van der Waals surface area contributed by atoms with E-state index in [0.29, 0.717) is 15.8 Å². The normalized spacial score (nSPS) is 11.1. The molecular weight excluding hydrogens is 222 g/mol. The van der Waals surface area contributed by atoms with Crippen LogP contribution in [0.5, 0.6) is 0 Å². The fourth-order valence-corrected chi connectivity index (χ4v) is 1.81. The summed E-state index contributed by atoms with van der Waals surface area (Å²) in [5.41, 5.74) is -0.785. The predicted molar refractivity (Wildman–Crippen MR) is 61.3 cm³/mol. The Hall–Kier alpha value is -2.63. The van der Waals surface area contributed by atoms with Gasteiger partial charge in [0.2, 0.25) is 0 Å². The first kappa shape index (κ1) is 9.59. The van der Waals surface area contributed by atoms with E-state index in [4.69, 9.17) is 0 Å². The minimum absolute atomic E-state index is 0.223. The van der Waals surface area contributed by atoms with Crippen LogP contribution in [0, 0.1) is 0 Å². The van der Waals surface area contributed by atoms with Crippen LogP contribution >= 0.6 is 0 Å². The van der Waals surface area contributed by atoms with Crippen molar-refractivity contribution in [2.24, 2.45) is 0 Å². The Morgan fingerprint density at radius 3 is 2.88 bits per heavy atom. The molecule has 6 nitrogen and oxygen atoms in total. The summed E-state index contributed by atoms with van der Waals surface area (Å²) in [6.45, 7) is 0. The molecule has 0 fully saturated rings. The molecule has 6 heteroatoms. The van der Waals surface area contributed by atoms with Crippen LogP contribution in [-0.2, 0) is 0 Å². The second-order valence-electron chi connectivity index (χ2n) is 3.61. The fraction of sp³-hybridized carbons (Fsp3) is 0. The summed E-state index contributed by atoms with van der Waals surface area (Å²) in [7, 11) is 0. The van der Waals surface area contributed by atoms with Crippen LogP contribution in [0.15, 0.2) is 40.1 Å². The van der Waals surface area contributed by atoms with Gasteiger partial charge < -0.3 is 10.2 Å². The summed E-state index contributed by atoms with van der Waals surface area (Å²) in [6.07, 6.45) is 1.58. The first-order chi connectivity index (χ1) is 8.18. The number of hydrogen-bond donors (Lipinski definition) is 2. The molecule has 17 heavy (non-hydrogen) atoms. The molecule has 0 spiro atoms. The summed E-state index contributed by atoms with van der Waals surface area (Å²) in [5.74, 6) is 0. The van der Waals surface area contributed by atoms with Crippen molar-refractivity contribution in [1.29, 1.82) is 0 Å². The zero-order chi connectivity index (χ0) is 12.0. The Balaban J connectivity index is 2.69. The number of hydrogen-bond acceptors (Lipinski definition) is 4. The first-order valence-electron chi connectivity index (χ1n) is 4.90. The van der Waals surface area contributed by atoms with Gasteiger partial charge in [-0.3, -0.25) is 14.6 Å². The van der Waals surface area contributed by atoms with Gasteiger partial charge in [-0.15, -0.1) is 4.73 Å². The number of aromatic nitrogens is 3. The van der Waals surface area contributed by atoms with Crippen LogP contribution in [0.3, 0.4) is 0 Å². The molecule has 0 saturated heterocycles. The van der Waals surface area contributed by atoms with Crippen molar-refractivity contribution in [2.45, 2.75) is 0 Å². The van der Waals surface area contributed by atoms with Crippen LogP contribution in [0.4, 0.5) is 0 Å². The molecule has 3 aromatic rings. The number of rotatable bonds is 0. The molecule has 0 bridgehead atoms. The maximum Gasteiger partial charge on any atom is 0.348 e. The average Bonchev–Trinajstić information content (AvgIpc) is 2.36. The number of aromatic amines is 1. The van der Waals surface area contributed by atoms with Crippen LogP contribution in [0.25, 0.3) is 21.9 Å². The molecule has 2 heterocycles. The van der Waals surface area contributed by atoms with Gasteiger partial charge in [-0.1, -0.05) is 12.1 Å². The lowest BCUT2D eigenvalue weighted by molar-refractivity contribution is 0.187. The maximum absolute atomic E-state index is 11.3. The zero-order valence-electron chi connectivity index (χ0n) is 8.54. The second kappa shape index (κ2) is 3.18. The van der Waals surface area contributed by atoms with Crippen molar-refractivity contribution in [3.8, 4) is 0 Å². The van der Waals surface area contributed by atoms with Gasteiger partial charge in [0.05, 0.1) is 11.0 Å². The molecule has 0 radical (unpaired) electrons. The Bertz CT molecular complexity index is 848. The molecule has 3 rings (SSSR count). The van der Waals surface area contributed by atoms with Crippen molar-refractivity contribution in [2.75, 3.05) is 0 Å². The number of pyridine rings is 1. The molecular formula is C11H7N3O3. The van der Waals surface area contributed by atoms with Gasteiger partial charge in [-0.25, -0.2) is 0 Å². The predicted octanol–water partition coefficient (Wildman–Crippen LogP) is 0.475. The van der Waals surface area contributed by atoms with E-state index in [1.807, 2.05) is 6.07 Å². The third kappa shape index (κ3) is 1.24. The third-order valence-electron chi connectivity index (χ3n) is 2.61. The molecule has 0 aliphatic heterocycles. The van der Waals surface area contributed by atoms with E-state index in [0.717, 1.165) is 5.39 Å². The molecule has 0 aliphatic rings. The zero-order valence-corrected chi connectivity index (χ0v) is 8.54. The van der Waals surface area contributed by atoms with E-state index in [9.17, 15) is 14.8 Å². The van der Waals surface area contributed by atoms with E-state index in [2.05, 4.69) is 9.97 Å². The highest BCUT2D eigenvalue weighted by atomic mass is 16.5. The van der Waals surface area contributed by atoms with Gasteiger partial charge in [0.15, 0.2) is 0 Å². The highest BCUT2D eigenvalue weighted by molar-refractivity contribution is 6.00. The molecule has 0 saturated carbocycles. The lowest BCUT2D eigenvalue weighted by Crippen LogP contribution is -2.35. The van der Waals surface area contributed by atoms with E-state index >= 15 is 0 Å². The molecule has 0 amide bonds. The molecule has 1 aromatic carbocycles. The van der Waals surface area contributed by atoms with Gasteiger partial charge in [-0.05, 0) is 12.1 Å².